The molecule has 3 aromatic carbocycles. The van der Waals surface area contributed by atoms with E-state index in [0.29, 0.717) is 34.1 Å². The molecule has 1 N–H and O–H groups in total. The summed E-state index contributed by atoms with van der Waals surface area (Å²) in [6.45, 7) is 0. The first-order valence-electron chi connectivity index (χ1n) is 9.39. The number of aromatic amines is 1. The van der Waals surface area contributed by atoms with Crippen LogP contribution in [0.5, 0.6) is 0 Å². The van der Waals surface area contributed by atoms with Crippen LogP contribution in [0, 0.1) is 5.82 Å². The predicted octanol–water partition coefficient (Wildman–Crippen LogP) is 6.81. The van der Waals surface area contributed by atoms with E-state index >= 15 is 0 Å². The minimum atomic E-state index is -4.39. The van der Waals surface area contributed by atoms with Crippen LogP contribution in [0.2, 0.25) is 0 Å². The van der Waals surface area contributed by atoms with Crippen LogP contribution in [-0.2, 0) is 12.6 Å². The fraction of sp³-hybridized carbons (Fsp3) is 0.125. The lowest BCUT2D eigenvalue weighted by Crippen LogP contribution is -2.06. The summed E-state index contributed by atoms with van der Waals surface area (Å²) in [6, 6.07) is 18.3. The number of hydrogen-bond acceptors (Lipinski definition) is 1. The fourth-order valence-electron chi connectivity index (χ4n) is 3.52. The Kier molecular flexibility index (Phi) is 5.16. The zero-order valence-electron chi connectivity index (χ0n) is 15.8. The van der Waals surface area contributed by atoms with Gasteiger partial charge in [-0.05, 0) is 47.9 Å². The maximum Gasteiger partial charge on any atom is 0.416 e. The van der Waals surface area contributed by atoms with Crippen molar-refractivity contribution >= 4 is 16.7 Å². The van der Waals surface area contributed by atoms with Gasteiger partial charge in [-0.25, -0.2) is 4.39 Å². The second kappa shape index (κ2) is 7.78. The number of carbonyl (C=O) groups excluding carboxylic acids is 1. The Labute approximate surface area is 170 Å². The molecular formula is C24H17F4NO. The monoisotopic (exact) mass is 411 g/mol. The number of rotatable bonds is 5. The zero-order valence-corrected chi connectivity index (χ0v) is 15.8. The number of aryl methyl sites for hydroxylation is 1. The van der Waals surface area contributed by atoms with Gasteiger partial charge in [0.15, 0.2) is 5.78 Å². The van der Waals surface area contributed by atoms with Gasteiger partial charge >= 0.3 is 6.18 Å². The molecule has 4 rings (SSSR count). The van der Waals surface area contributed by atoms with Gasteiger partial charge in [0.05, 0.1) is 11.3 Å². The molecule has 0 amide bonds. The van der Waals surface area contributed by atoms with Crippen LogP contribution in [-0.4, -0.2) is 10.8 Å². The molecule has 0 aliphatic rings. The zero-order chi connectivity index (χ0) is 21.3. The fourth-order valence-corrected chi connectivity index (χ4v) is 3.52. The average molecular weight is 411 g/mol. The molecule has 0 saturated heterocycles. The topological polar surface area (TPSA) is 32.9 Å². The highest BCUT2D eigenvalue weighted by molar-refractivity contribution is 6.10. The molecule has 6 heteroatoms. The number of fused-ring (bicyclic) bond motifs is 1. The highest BCUT2D eigenvalue weighted by Crippen LogP contribution is 2.34. The second-order valence-corrected chi connectivity index (χ2v) is 7.05. The average Bonchev–Trinajstić information content (AvgIpc) is 3.11. The van der Waals surface area contributed by atoms with Crippen molar-refractivity contribution < 1.29 is 22.4 Å². The maximum atomic E-state index is 13.8. The van der Waals surface area contributed by atoms with Crippen molar-refractivity contribution in [2.45, 2.75) is 19.0 Å². The van der Waals surface area contributed by atoms with Crippen LogP contribution < -0.4 is 0 Å². The predicted molar refractivity (Wildman–Crippen MR) is 108 cm³/mol. The summed E-state index contributed by atoms with van der Waals surface area (Å²) in [5.41, 5.74) is 2.35. The molecule has 0 radical (unpaired) electrons. The van der Waals surface area contributed by atoms with Gasteiger partial charge in [0.1, 0.15) is 5.82 Å². The number of H-pyrrole nitrogens is 1. The van der Waals surface area contributed by atoms with E-state index in [2.05, 4.69) is 4.98 Å². The molecular weight excluding hydrogens is 394 g/mol. The van der Waals surface area contributed by atoms with Gasteiger partial charge in [-0.2, -0.15) is 13.2 Å². The summed E-state index contributed by atoms with van der Waals surface area (Å²) in [7, 11) is 0. The molecule has 0 aliphatic heterocycles. The molecule has 1 heterocycles. The first-order valence-corrected chi connectivity index (χ1v) is 9.39. The molecule has 0 aliphatic carbocycles. The Hall–Kier alpha value is -3.41. The molecule has 30 heavy (non-hydrogen) atoms. The number of hydrogen-bond donors (Lipinski definition) is 1. The Morgan fingerprint density at radius 2 is 1.60 bits per heavy atom. The lowest BCUT2D eigenvalue weighted by Gasteiger charge is -2.08. The van der Waals surface area contributed by atoms with E-state index in [0.717, 1.165) is 17.7 Å². The number of aromatic nitrogens is 1. The van der Waals surface area contributed by atoms with Gasteiger partial charge in [0.25, 0.3) is 0 Å². The number of Topliss-reactive ketones (excluding diaryl/α,β-unsaturated/α-hetero) is 1. The largest absolute Gasteiger partial charge is 0.416 e. The highest BCUT2D eigenvalue weighted by Gasteiger charge is 2.30. The summed E-state index contributed by atoms with van der Waals surface area (Å²) in [5.74, 6) is -0.590. The van der Waals surface area contributed by atoms with Crippen LogP contribution in [0.15, 0.2) is 72.8 Å². The Balaban J connectivity index is 1.63. The van der Waals surface area contributed by atoms with E-state index in [4.69, 9.17) is 0 Å². The van der Waals surface area contributed by atoms with E-state index in [1.54, 1.807) is 6.07 Å². The van der Waals surface area contributed by atoms with Crippen molar-refractivity contribution in [2.24, 2.45) is 0 Å². The lowest BCUT2D eigenvalue weighted by molar-refractivity contribution is -0.137. The summed E-state index contributed by atoms with van der Waals surface area (Å²) >= 11 is 0. The van der Waals surface area contributed by atoms with E-state index in [1.165, 1.54) is 24.3 Å². The number of halogens is 4. The second-order valence-electron chi connectivity index (χ2n) is 7.05. The van der Waals surface area contributed by atoms with Crippen molar-refractivity contribution in [1.29, 1.82) is 0 Å². The Morgan fingerprint density at radius 3 is 2.27 bits per heavy atom. The van der Waals surface area contributed by atoms with E-state index in [-0.39, 0.29) is 12.2 Å². The van der Waals surface area contributed by atoms with E-state index in [9.17, 15) is 22.4 Å². The Morgan fingerprint density at radius 1 is 0.900 bits per heavy atom. The first-order chi connectivity index (χ1) is 14.3. The molecule has 0 saturated carbocycles. The highest BCUT2D eigenvalue weighted by atomic mass is 19.4. The molecule has 4 aromatic rings. The van der Waals surface area contributed by atoms with Gasteiger partial charge in [-0.15, -0.1) is 0 Å². The SMILES string of the molecule is O=C(CCc1ccc(C(F)(F)F)cc1)c1[nH]c2ccc(F)cc2c1-c1ccccc1. The minimum Gasteiger partial charge on any atom is -0.352 e. The van der Waals surface area contributed by atoms with Crippen LogP contribution in [0.4, 0.5) is 17.6 Å². The van der Waals surface area contributed by atoms with Gasteiger partial charge < -0.3 is 4.98 Å². The third kappa shape index (κ3) is 3.99. The van der Waals surface area contributed by atoms with Gasteiger partial charge in [-0.1, -0.05) is 42.5 Å². The van der Waals surface area contributed by atoms with Gasteiger partial charge in [-0.3, -0.25) is 4.79 Å². The smallest absolute Gasteiger partial charge is 0.352 e. The summed E-state index contributed by atoms with van der Waals surface area (Å²) in [6.07, 6.45) is -3.98. The van der Waals surface area contributed by atoms with Crippen molar-refractivity contribution in [3.05, 3.63) is 95.4 Å². The van der Waals surface area contributed by atoms with Crippen LogP contribution in [0.25, 0.3) is 22.0 Å². The minimum absolute atomic E-state index is 0.112. The number of alkyl halides is 3. The van der Waals surface area contributed by atoms with E-state index < -0.39 is 17.6 Å². The molecule has 0 spiro atoms. The van der Waals surface area contributed by atoms with Gasteiger partial charge in [0, 0.05) is 22.9 Å². The third-order valence-corrected chi connectivity index (χ3v) is 5.02. The lowest BCUT2D eigenvalue weighted by atomic mass is 9.97. The quantitative estimate of drug-likeness (QED) is 0.284. The molecule has 1 aromatic heterocycles. The normalized spacial score (nSPS) is 11.7. The standard InChI is InChI=1S/C24H17F4NO/c25-18-11-12-20-19(14-18)22(16-4-2-1-3-5-16)23(29-20)21(30)13-8-15-6-9-17(10-7-15)24(26,27)28/h1-7,9-12,14,29H,8,13H2. The maximum absolute atomic E-state index is 13.8. The van der Waals surface area contributed by atoms with E-state index in [1.807, 2.05) is 30.3 Å². The van der Waals surface area contributed by atoms with Crippen molar-refractivity contribution in [2.75, 3.05) is 0 Å². The molecule has 0 unspecified atom stereocenters. The summed E-state index contributed by atoms with van der Waals surface area (Å²) in [5, 5.41) is 0.610. The first kappa shape index (κ1) is 19.9. The van der Waals surface area contributed by atoms with Crippen LogP contribution in [0.3, 0.4) is 0 Å². The molecule has 0 fully saturated rings. The van der Waals surface area contributed by atoms with Crippen LogP contribution >= 0.6 is 0 Å². The van der Waals surface area contributed by atoms with Crippen LogP contribution in [0.1, 0.15) is 28.0 Å². The number of benzene rings is 3. The Bertz CT molecular complexity index is 1190. The number of ketones is 1. The van der Waals surface area contributed by atoms with Crippen molar-refractivity contribution in [1.82, 2.24) is 4.98 Å². The molecule has 0 bridgehead atoms. The summed E-state index contributed by atoms with van der Waals surface area (Å²) in [4.78, 5) is 16.1. The van der Waals surface area contributed by atoms with Crippen molar-refractivity contribution in [3.8, 4) is 11.1 Å². The third-order valence-electron chi connectivity index (χ3n) is 5.02. The van der Waals surface area contributed by atoms with Gasteiger partial charge in [0.2, 0.25) is 0 Å². The van der Waals surface area contributed by atoms with Crippen molar-refractivity contribution in [3.63, 3.8) is 0 Å². The molecule has 152 valence electrons. The molecule has 0 atom stereocenters. The molecule has 2 nitrogen and oxygen atoms in total. The number of nitrogens with one attached hydrogen (secondary N) is 1. The number of carbonyl (C=O) groups is 1. The summed E-state index contributed by atoms with van der Waals surface area (Å²) < 4.78 is 52.0.